The molecule has 23 heavy (non-hydrogen) atoms. The molecule has 0 spiro atoms. The Morgan fingerprint density at radius 3 is 2.57 bits per heavy atom. The first-order valence-corrected chi connectivity index (χ1v) is 8.70. The standard InChI is InChI=1S/C15H16FN3O3S/c1-23(21,22)14-7-6-12(10-18-14)19-15(20)17-9-8-11-4-2-3-5-13(11)16/h2-7,10H,8-9H2,1H3,(H2,17,19,20). The van der Waals surface area contributed by atoms with Gasteiger partial charge in [-0.15, -0.1) is 0 Å². The van der Waals surface area contributed by atoms with Crippen molar-refractivity contribution in [3.8, 4) is 0 Å². The van der Waals surface area contributed by atoms with Crippen molar-refractivity contribution in [2.75, 3.05) is 18.1 Å². The summed E-state index contributed by atoms with van der Waals surface area (Å²) < 4.78 is 36.0. The van der Waals surface area contributed by atoms with Crippen LogP contribution in [0.4, 0.5) is 14.9 Å². The summed E-state index contributed by atoms with van der Waals surface area (Å²) in [6.07, 6.45) is 2.68. The van der Waals surface area contributed by atoms with Gasteiger partial charge in [0.1, 0.15) is 5.82 Å². The van der Waals surface area contributed by atoms with E-state index in [1.807, 2.05) is 0 Å². The van der Waals surface area contributed by atoms with E-state index in [4.69, 9.17) is 0 Å². The summed E-state index contributed by atoms with van der Waals surface area (Å²) in [6, 6.07) is 8.63. The van der Waals surface area contributed by atoms with E-state index in [9.17, 15) is 17.6 Å². The van der Waals surface area contributed by atoms with Gasteiger partial charge in [0, 0.05) is 12.8 Å². The minimum absolute atomic E-state index is 0.0667. The maximum Gasteiger partial charge on any atom is 0.319 e. The number of amides is 2. The smallest absolute Gasteiger partial charge is 0.319 e. The largest absolute Gasteiger partial charge is 0.338 e. The Hall–Kier alpha value is -2.48. The zero-order valence-electron chi connectivity index (χ0n) is 12.4. The quantitative estimate of drug-likeness (QED) is 0.873. The van der Waals surface area contributed by atoms with Crippen LogP contribution in [0.5, 0.6) is 0 Å². The molecule has 1 aromatic heterocycles. The number of sulfone groups is 1. The summed E-state index contributed by atoms with van der Waals surface area (Å²) in [5.74, 6) is -0.310. The molecular formula is C15H16FN3O3S. The van der Waals surface area contributed by atoms with Gasteiger partial charge in [-0.05, 0) is 30.2 Å². The number of urea groups is 1. The van der Waals surface area contributed by atoms with Gasteiger partial charge in [0.25, 0.3) is 0 Å². The van der Waals surface area contributed by atoms with Gasteiger partial charge < -0.3 is 10.6 Å². The molecule has 0 bridgehead atoms. The van der Waals surface area contributed by atoms with Crippen LogP contribution in [0.25, 0.3) is 0 Å². The molecule has 6 nitrogen and oxygen atoms in total. The third kappa shape index (κ3) is 5.03. The van der Waals surface area contributed by atoms with Crippen molar-refractivity contribution in [2.24, 2.45) is 0 Å². The number of carbonyl (C=O) groups excluding carboxylic acids is 1. The Kier molecular flexibility index (Phi) is 5.28. The van der Waals surface area contributed by atoms with Crippen LogP contribution in [0.2, 0.25) is 0 Å². The predicted molar refractivity (Wildman–Crippen MR) is 84.5 cm³/mol. The van der Waals surface area contributed by atoms with Crippen molar-refractivity contribution in [2.45, 2.75) is 11.4 Å². The van der Waals surface area contributed by atoms with Gasteiger partial charge >= 0.3 is 6.03 Å². The molecule has 0 aliphatic rings. The third-order valence-corrected chi connectivity index (χ3v) is 4.01. The first-order chi connectivity index (χ1) is 10.9. The molecular weight excluding hydrogens is 321 g/mol. The van der Waals surface area contributed by atoms with Gasteiger partial charge in [-0.1, -0.05) is 18.2 Å². The molecule has 0 aliphatic carbocycles. The lowest BCUT2D eigenvalue weighted by molar-refractivity contribution is 0.252. The number of pyridine rings is 1. The van der Waals surface area contributed by atoms with Gasteiger partial charge in [-0.3, -0.25) is 0 Å². The zero-order valence-corrected chi connectivity index (χ0v) is 13.2. The summed E-state index contributed by atoms with van der Waals surface area (Å²) >= 11 is 0. The molecule has 0 radical (unpaired) electrons. The molecule has 0 aliphatic heterocycles. The fourth-order valence-electron chi connectivity index (χ4n) is 1.86. The van der Waals surface area contributed by atoms with Crippen molar-refractivity contribution < 1.29 is 17.6 Å². The van der Waals surface area contributed by atoms with Crippen molar-refractivity contribution >= 4 is 21.6 Å². The van der Waals surface area contributed by atoms with E-state index in [1.54, 1.807) is 18.2 Å². The van der Waals surface area contributed by atoms with E-state index in [0.717, 1.165) is 6.26 Å². The van der Waals surface area contributed by atoms with Crippen LogP contribution in [0.1, 0.15) is 5.56 Å². The van der Waals surface area contributed by atoms with Crippen molar-refractivity contribution in [1.29, 1.82) is 0 Å². The molecule has 2 amide bonds. The van der Waals surface area contributed by atoms with Gasteiger partial charge in [-0.2, -0.15) is 0 Å². The Bertz CT molecular complexity index is 792. The maximum absolute atomic E-state index is 13.4. The highest BCUT2D eigenvalue weighted by Crippen LogP contribution is 2.10. The van der Waals surface area contributed by atoms with Crippen LogP contribution in [0, 0.1) is 5.82 Å². The number of benzene rings is 1. The number of hydrogen-bond donors (Lipinski definition) is 2. The molecule has 0 unspecified atom stereocenters. The number of nitrogens with one attached hydrogen (secondary N) is 2. The van der Waals surface area contributed by atoms with Crippen LogP contribution in [-0.4, -0.2) is 32.2 Å². The second kappa shape index (κ2) is 7.19. The van der Waals surface area contributed by atoms with E-state index in [2.05, 4.69) is 15.6 Å². The van der Waals surface area contributed by atoms with Crippen molar-refractivity contribution in [1.82, 2.24) is 10.3 Å². The fourth-order valence-corrected chi connectivity index (χ4v) is 2.42. The second-order valence-electron chi connectivity index (χ2n) is 4.88. The van der Waals surface area contributed by atoms with E-state index in [0.29, 0.717) is 17.7 Å². The fraction of sp³-hybridized carbons (Fsp3) is 0.200. The molecule has 0 saturated heterocycles. The number of halogens is 1. The van der Waals surface area contributed by atoms with Gasteiger partial charge in [0.05, 0.1) is 11.9 Å². The topological polar surface area (TPSA) is 88.2 Å². The molecule has 0 saturated carbocycles. The number of rotatable bonds is 5. The molecule has 8 heteroatoms. The normalized spacial score (nSPS) is 11.0. The SMILES string of the molecule is CS(=O)(=O)c1ccc(NC(=O)NCCc2ccccc2F)cn1. The molecule has 2 N–H and O–H groups in total. The van der Waals surface area contributed by atoms with Crippen LogP contribution >= 0.6 is 0 Å². The van der Waals surface area contributed by atoms with Crippen LogP contribution < -0.4 is 10.6 Å². The molecule has 0 atom stereocenters. The summed E-state index contributed by atoms with van der Waals surface area (Å²) in [6.45, 7) is 0.265. The van der Waals surface area contributed by atoms with Crippen molar-refractivity contribution in [3.05, 3.63) is 54.0 Å². The second-order valence-corrected chi connectivity index (χ2v) is 6.84. The number of carbonyl (C=O) groups is 1. The highest BCUT2D eigenvalue weighted by Gasteiger charge is 2.09. The Balaban J connectivity index is 1.84. The highest BCUT2D eigenvalue weighted by atomic mass is 32.2. The number of anilines is 1. The Morgan fingerprint density at radius 2 is 1.96 bits per heavy atom. The van der Waals surface area contributed by atoms with Gasteiger partial charge in [0.15, 0.2) is 14.9 Å². The summed E-state index contributed by atoms with van der Waals surface area (Å²) in [7, 11) is -3.37. The Morgan fingerprint density at radius 1 is 1.22 bits per heavy atom. The van der Waals surface area contributed by atoms with Gasteiger partial charge in [-0.25, -0.2) is 22.6 Å². The van der Waals surface area contributed by atoms with Crippen molar-refractivity contribution in [3.63, 3.8) is 0 Å². The van der Waals surface area contributed by atoms with Crippen LogP contribution in [-0.2, 0) is 16.3 Å². The molecule has 0 fully saturated rings. The minimum Gasteiger partial charge on any atom is -0.338 e. The molecule has 122 valence electrons. The summed E-state index contributed by atoms with van der Waals surface area (Å²) in [4.78, 5) is 15.5. The lowest BCUT2D eigenvalue weighted by Crippen LogP contribution is -2.30. The summed E-state index contributed by atoms with van der Waals surface area (Å²) in [5.41, 5.74) is 0.882. The average molecular weight is 337 g/mol. The maximum atomic E-state index is 13.4. The van der Waals surface area contributed by atoms with Crippen LogP contribution in [0.15, 0.2) is 47.6 Å². The van der Waals surface area contributed by atoms with E-state index in [1.165, 1.54) is 24.4 Å². The predicted octanol–water partition coefficient (Wildman–Crippen LogP) is 1.99. The summed E-state index contributed by atoms with van der Waals surface area (Å²) in [5, 5.41) is 5.04. The first kappa shape index (κ1) is 16.9. The van der Waals surface area contributed by atoms with Gasteiger partial charge in [0.2, 0.25) is 0 Å². The monoisotopic (exact) mass is 337 g/mol. The minimum atomic E-state index is -3.37. The first-order valence-electron chi connectivity index (χ1n) is 6.80. The molecule has 2 rings (SSSR count). The Labute approximate surface area is 133 Å². The lowest BCUT2D eigenvalue weighted by atomic mass is 10.1. The van der Waals surface area contributed by atoms with E-state index >= 15 is 0 Å². The number of hydrogen-bond acceptors (Lipinski definition) is 4. The lowest BCUT2D eigenvalue weighted by Gasteiger charge is -2.08. The number of nitrogens with zero attached hydrogens (tertiary/aromatic N) is 1. The zero-order chi connectivity index (χ0) is 16.9. The van der Waals surface area contributed by atoms with E-state index in [-0.39, 0.29) is 17.4 Å². The molecule has 1 heterocycles. The highest BCUT2D eigenvalue weighted by molar-refractivity contribution is 7.90. The van der Waals surface area contributed by atoms with E-state index < -0.39 is 15.9 Å². The van der Waals surface area contributed by atoms with Crippen LogP contribution in [0.3, 0.4) is 0 Å². The number of aromatic nitrogens is 1. The average Bonchev–Trinajstić information content (AvgIpc) is 2.49. The molecule has 2 aromatic rings. The third-order valence-electron chi connectivity index (χ3n) is 3.01. The molecule has 1 aromatic carbocycles.